The van der Waals surface area contributed by atoms with E-state index in [0.717, 1.165) is 17.5 Å². The number of nitrogen functional groups attached to an aromatic ring is 1. The van der Waals surface area contributed by atoms with Crippen LogP contribution in [0.4, 0.5) is 5.82 Å². The van der Waals surface area contributed by atoms with Crippen molar-refractivity contribution >= 4 is 33.1 Å². The summed E-state index contributed by atoms with van der Waals surface area (Å²) in [6, 6.07) is 9.63. The predicted molar refractivity (Wildman–Crippen MR) is 159 cm³/mol. The smallest absolute Gasteiger partial charge is 0.273 e. The first-order chi connectivity index (χ1) is 21.1. The van der Waals surface area contributed by atoms with E-state index < -0.39 is 15.4 Å². The van der Waals surface area contributed by atoms with Crippen LogP contribution in [0.3, 0.4) is 0 Å². The van der Waals surface area contributed by atoms with Gasteiger partial charge in [-0.1, -0.05) is 18.2 Å². The van der Waals surface area contributed by atoms with Crippen molar-refractivity contribution in [2.75, 3.05) is 38.9 Å². The zero-order valence-electron chi connectivity index (χ0n) is 24.5. The number of carbonyl (C=O) groups is 2. The Kier molecular flexibility index (Phi) is 7.86. The second kappa shape index (κ2) is 11.6. The minimum Gasteiger partial charge on any atom is -0.382 e. The number of anilines is 1. The lowest BCUT2D eigenvalue weighted by atomic mass is 9.76. The van der Waals surface area contributed by atoms with Gasteiger partial charge < -0.3 is 15.2 Å². The van der Waals surface area contributed by atoms with Crippen molar-refractivity contribution in [1.29, 1.82) is 0 Å². The van der Waals surface area contributed by atoms with Crippen LogP contribution in [0.2, 0.25) is 0 Å². The maximum absolute atomic E-state index is 13.6. The molecule has 3 N–H and O–H groups in total. The fourth-order valence-electron chi connectivity index (χ4n) is 6.03. The molecule has 0 atom stereocenters. The largest absolute Gasteiger partial charge is 0.382 e. The van der Waals surface area contributed by atoms with Crippen molar-refractivity contribution in [3.8, 4) is 16.8 Å². The molecule has 2 aliphatic rings. The summed E-state index contributed by atoms with van der Waals surface area (Å²) in [6.07, 6.45) is 7.86. The van der Waals surface area contributed by atoms with Crippen LogP contribution in [0.5, 0.6) is 0 Å². The summed E-state index contributed by atoms with van der Waals surface area (Å²) >= 11 is 0. The normalized spacial score (nSPS) is 20.7. The van der Waals surface area contributed by atoms with Gasteiger partial charge in [0.05, 0.1) is 43.5 Å². The maximum Gasteiger partial charge on any atom is 0.273 e. The van der Waals surface area contributed by atoms with E-state index >= 15 is 0 Å². The number of ether oxygens (including phenoxy) is 2. The van der Waals surface area contributed by atoms with E-state index in [1.54, 1.807) is 24.2 Å². The summed E-state index contributed by atoms with van der Waals surface area (Å²) < 4.78 is 40.6. The van der Waals surface area contributed by atoms with Crippen LogP contribution in [0.15, 0.2) is 53.8 Å². The molecule has 1 aromatic carbocycles. The first kappa shape index (κ1) is 29.7. The Labute approximate surface area is 254 Å². The van der Waals surface area contributed by atoms with E-state index in [1.807, 2.05) is 36.5 Å². The first-order valence-electron chi connectivity index (χ1n) is 14.3. The molecule has 232 valence electrons. The number of hydrogen-bond acceptors (Lipinski definition) is 10. The third-order valence-electron chi connectivity index (χ3n) is 8.25. The van der Waals surface area contributed by atoms with E-state index in [0.29, 0.717) is 49.2 Å². The number of nitrogens with zero attached hydrogens (tertiary/aromatic N) is 6. The third-order valence-corrected chi connectivity index (χ3v) is 9.41. The number of rotatable bonds is 9. The second-order valence-electron chi connectivity index (χ2n) is 11.1. The molecule has 0 spiro atoms. The van der Waals surface area contributed by atoms with Crippen LogP contribution < -0.4 is 11.2 Å². The highest BCUT2D eigenvalue weighted by atomic mass is 32.2. The molecule has 15 heteroatoms. The number of para-hydroxylation sites is 1. The molecule has 4 aromatic rings. The zero-order valence-corrected chi connectivity index (χ0v) is 25.3. The molecule has 0 unspecified atom stereocenters. The number of nitrogens with one attached hydrogen (secondary N) is 1. The molecule has 1 aliphatic carbocycles. The SMILES string of the molecule is COCCOC1(C(=O)N2CCC(=O)N2)CCC(c2nc3c(-c4cnn(-c5ccccc5)c4)cnn3c(N)c2S(C)(=O)=O)CC1. The van der Waals surface area contributed by atoms with Crippen LogP contribution in [-0.4, -0.2) is 88.3 Å². The zero-order chi connectivity index (χ0) is 31.1. The van der Waals surface area contributed by atoms with Gasteiger partial charge in [-0.2, -0.15) is 14.7 Å². The Bertz CT molecular complexity index is 1810. The van der Waals surface area contributed by atoms with Crippen molar-refractivity contribution in [3.05, 3.63) is 54.6 Å². The molecule has 6 rings (SSSR count). The van der Waals surface area contributed by atoms with Gasteiger partial charge in [0.15, 0.2) is 15.5 Å². The molecule has 0 bridgehead atoms. The monoisotopic (exact) mass is 622 g/mol. The fourth-order valence-corrected chi connectivity index (χ4v) is 7.09. The molecule has 1 saturated carbocycles. The predicted octanol–water partition coefficient (Wildman–Crippen LogP) is 1.89. The highest BCUT2D eigenvalue weighted by Gasteiger charge is 2.47. The minimum atomic E-state index is -3.81. The van der Waals surface area contributed by atoms with Crippen LogP contribution in [0, 0.1) is 0 Å². The average molecular weight is 623 g/mol. The van der Waals surface area contributed by atoms with Gasteiger partial charge in [0.2, 0.25) is 5.91 Å². The lowest BCUT2D eigenvalue weighted by Gasteiger charge is -2.40. The Morgan fingerprint density at radius 1 is 1.14 bits per heavy atom. The summed E-state index contributed by atoms with van der Waals surface area (Å²) in [7, 11) is -2.26. The summed E-state index contributed by atoms with van der Waals surface area (Å²) in [5, 5.41) is 10.2. The average Bonchev–Trinajstić information content (AvgIpc) is 3.77. The molecule has 14 nitrogen and oxygen atoms in total. The summed E-state index contributed by atoms with van der Waals surface area (Å²) in [6.45, 7) is 0.743. The number of methoxy groups -OCH3 is 1. The van der Waals surface area contributed by atoms with Crippen LogP contribution in [0.1, 0.15) is 43.7 Å². The topological polar surface area (TPSA) is 176 Å². The maximum atomic E-state index is 13.6. The number of benzene rings is 1. The number of fused-ring (bicyclic) bond motifs is 1. The van der Waals surface area contributed by atoms with Gasteiger partial charge in [0.1, 0.15) is 16.3 Å². The van der Waals surface area contributed by atoms with E-state index in [4.69, 9.17) is 20.2 Å². The molecule has 1 aliphatic heterocycles. The second-order valence-corrected chi connectivity index (χ2v) is 13.1. The van der Waals surface area contributed by atoms with Crippen molar-refractivity contribution in [2.45, 2.75) is 48.5 Å². The molecule has 3 aromatic heterocycles. The molecule has 1 saturated heterocycles. The van der Waals surface area contributed by atoms with Crippen LogP contribution in [-0.2, 0) is 28.9 Å². The quantitative estimate of drug-likeness (QED) is 0.262. The summed E-state index contributed by atoms with van der Waals surface area (Å²) in [5.74, 6) is -0.909. The van der Waals surface area contributed by atoms with Crippen LogP contribution in [0.25, 0.3) is 22.5 Å². The van der Waals surface area contributed by atoms with Gasteiger partial charge in [-0.25, -0.2) is 18.1 Å². The Morgan fingerprint density at radius 2 is 1.89 bits per heavy atom. The highest BCUT2D eigenvalue weighted by Crippen LogP contribution is 2.44. The van der Waals surface area contributed by atoms with Crippen molar-refractivity contribution in [3.63, 3.8) is 0 Å². The number of hydrogen-bond donors (Lipinski definition) is 2. The number of carbonyl (C=O) groups excluding carboxylic acids is 2. The van der Waals surface area contributed by atoms with E-state index in [9.17, 15) is 18.0 Å². The van der Waals surface area contributed by atoms with Gasteiger partial charge in [-0.15, -0.1) is 0 Å². The van der Waals surface area contributed by atoms with E-state index in [1.165, 1.54) is 9.52 Å². The number of sulfone groups is 1. The summed E-state index contributed by atoms with van der Waals surface area (Å²) in [5.41, 5.74) is 10.9. The molecule has 4 heterocycles. The standard InChI is InChI=1S/C29H34N8O6S/c1-42-14-15-43-29(28(39)35-13-10-23(38)34-35)11-8-19(9-12-29)24-25(44(2,40)41)26(30)37-27(33-24)22(17-32-37)20-16-31-36(18-20)21-6-4-3-5-7-21/h3-7,16-19H,8-15,30H2,1-2H3,(H,34,38). The molecule has 2 fully saturated rings. The number of amides is 2. The van der Waals surface area contributed by atoms with Gasteiger partial charge in [-0.3, -0.25) is 20.0 Å². The minimum absolute atomic E-state index is 0.0294. The van der Waals surface area contributed by atoms with E-state index in [2.05, 4.69) is 15.6 Å². The van der Waals surface area contributed by atoms with Crippen molar-refractivity contribution in [2.24, 2.45) is 0 Å². The van der Waals surface area contributed by atoms with Gasteiger partial charge in [0, 0.05) is 43.0 Å². The fraction of sp³-hybridized carbons (Fsp3) is 0.414. The van der Waals surface area contributed by atoms with Gasteiger partial charge >= 0.3 is 0 Å². The summed E-state index contributed by atoms with van der Waals surface area (Å²) in [4.78, 5) is 30.3. The van der Waals surface area contributed by atoms with Crippen molar-refractivity contribution in [1.82, 2.24) is 34.8 Å². The molecule has 0 radical (unpaired) electrons. The molecular weight excluding hydrogens is 588 g/mol. The van der Waals surface area contributed by atoms with E-state index in [-0.39, 0.29) is 48.0 Å². The van der Waals surface area contributed by atoms with Crippen LogP contribution >= 0.6 is 0 Å². The number of aromatic nitrogens is 5. The number of hydrazine groups is 1. The molecule has 44 heavy (non-hydrogen) atoms. The first-order valence-corrected chi connectivity index (χ1v) is 16.2. The Hall–Kier alpha value is -4.34. The lowest BCUT2D eigenvalue weighted by molar-refractivity contribution is -0.168. The van der Waals surface area contributed by atoms with Crippen molar-refractivity contribution < 1.29 is 27.5 Å². The third kappa shape index (κ3) is 5.42. The number of nitrogens with two attached hydrogens (primary N) is 1. The Morgan fingerprint density at radius 3 is 2.55 bits per heavy atom. The highest BCUT2D eigenvalue weighted by molar-refractivity contribution is 7.91. The molecular formula is C29H34N8O6S. The molecule has 2 amide bonds. The van der Waals surface area contributed by atoms with Gasteiger partial charge in [0.25, 0.3) is 5.91 Å². The van der Waals surface area contributed by atoms with Gasteiger partial charge in [-0.05, 0) is 37.8 Å². The Balaban J connectivity index is 1.36. The lowest BCUT2D eigenvalue weighted by Crippen LogP contribution is -2.55.